The van der Waals surface area contributed by atoms with Crippen LogP contribution < -0.4 is 9.47 Å². The zero-order chi connectivity index (χ0) is 21.4. The second kappa shape index (κ2) is 5.58. The Morgan fingerprint density at radius 3 is 2.89 bits per heavy atom. The first kappa shape index (κ1) is 13.8. The Kier molecular flexibility index (Phi) is 2.85. The number of rotatable bonds is 2. The molecule has 0 amide bonds. The third-order valence-electron chi connectivity index (χ3n) is 6.39. The number of benzene rings is 1. The van der Waals surface area contributed by atoms with Crippen molar-refractivity contribution in [3.63, 3.8) is 0 Å². The fourth-order valence-corrected chi connectivity index (χ4v) is 5.56. The molecule has 2 bridgehead atoms. The maximum atomic E-state index is 11.7. The van der Waals surface area contributed by atoms with E-state index in [2.05, 4.69) is 0 Å². The Hall–Kier alpha value is -2.34. The molecule has 0 unspecified atom stereocenters. The number of hydrogen-bond donors (Lipinski definition) is 0. The van der Waals surface area contributed by atoms with E-state index >= 15 is 0 Å². The highest BCUT2D eigenvalue weighted by atomic mass is 16.6. The van der Waals surface area contributed by atoms with Gasteiger partial charge in [0, 0.05) is 40.9 Å². The van der Waals surface area contributed by atoms with Crippen molar-refractivity contribution in [2.24, 2.45) is 5.92 Å². The van der Waals surface area contributed by atoms with E-state index < -0.39 is 36.5 Å². The molecule has 27 heavy (non-hydrogen) atoms. The number of hydrogen-bond acceptors (Lipinski definition) is 6. The Labute approximate surface area is 162 Å². The summed E-state index contributed by atoms with van der Waals surface area (Å²) in [6.07, 6.45) is 3.82. The summed E-state index contributed by atoms with van der Waals surface area (Å²) >= 11 is 0. The fourth-order valence-electron chi connectivity index (χ4n) is 5.56. The summed E-state index contributed by atoms with van der Waals surface area (Å²) in [6.45, 7) is 0.883. The van der Waals surface area contributed by atoms with Crippen molar-refractivity contribution in [2.45, 2.75) is 50.4 Å². The quantitative estimate of drug-likeness (QED) is 0.449. The highest BCUT2D eigenvalue weighted by molar-refractivity contribution is 5.73. The average Bonchev–Trinajstić information content (AvgIpc) is 2.97. The molecular weight excluding hydrogens is 346 g/mol. The molecule has 2 heterocycles. The van der Waals surface area contributed by atoms with Crippen molar-refractivity contribution < 1.29 is 27.9 Å². The predicted octanol–water partition coefficient (Wildman–Crippen LogP) is 1.99. The molecule has 1 aromatic rings. The minimum Gasteiger partial charge on any atom is -0.481 e. The Balaban J connectivity index is 1.70. The average molecular weight is 372 g/mol. The second-order valence-corrected chi connectivity index (χ2v) is 7.80. The lowest BCUT2D eigenvalue weighted by Gasteiger charge is -2.56. The van der Waals surface area contributed by atoms with Crippen LogP contribution in [0.15, 0.2) is 24.3 Å². The van der Waals surface area contributed by atoms with Crippen LogP contribution >= 0.6 is 0 Å². The predicted molar refractivity (Wildman–Crippen MR) is 96.8 cm³/mol. The molecular formula is C21H23NO5. The van der Waals surface area contributed by atoms with Crippen LogP contribution in [0.4, 0.5) is 0 Å². The van der Waals surface area contributed by atoms with E-state index in [-0.39, 0.29) is 12.0 Å². The number of esters is 2. The lowest BCUT2D eigenvalue weighted by atomic mass is 9.53. The largest absolute Gasteiger partial charge is 0.481 e. The molecule has 1 saturated heterocycles. The van der Waals surface area contributed by atoms with E-state index in [0.717, 1.165) is 11.1 Å². The van der Waals surface area contributed by atoms with Gasteiger partial charge in [0.15, 0.2) is 17.6 Å². The summed E-state index contributed by atoms with van der Waals surface area (Å²) in [5, 5.41) is 0. The van der Waals surface area contributed by atoms with Gasteiger partial charge in [0.25, 0.3) is 0 Å². The minimum atomic E-state index is -2.19. The maximum absolute atomic E-state index is 11.7. The van der Waals surface area contributed by atoms with E-state index in [4.69, 9.17) is 18.3 Å². The van der Waals surface area contributed by atoms with E-state index in [0.29, 0.717) is 30.9 Å². The Morgan fingerprint density at radius 1 is 1.30 bits per heavy atom. The molecule has 6 nitrogen and oxygen atoms in total. The summed E-state index contributed by atoms with van der Waals surface area (Å²) in [4.78, 5) is 25.0. The molecule has 0 saturated carbocycles. The van der Waals surface area contributed by atoms with E-state index in [9.17, 15) is 9.59 Å². The van der Waals surface area contributed by atoms with Crippen molar-refractivity contribution in [2.75, 3.05) is 13.5 Å². The van der Waals surface area contributed by atoms with Gasteiger partial charge in [0.05, 0.1) is 0 Å². The number of carbonyl (C=O) groups excluding carboxylic acids is 2. The highest BCUT2D eigenvalue weighted by Gasteiger charge is 2.65. The topological polar surface area (TPSA) is 65.1 Å². The van der Waals surface area contributed by atoms with Gasteiger partial charge in [-0.25, -0.2) is 0 Å². The van der Waals surface area contributed by atoms with Crippen molar-refractivity contribution in [1.29, 1.82) is 0 Å². The molecule has 0 radical (unpaired) electrons. The van der Waals surface area contributed by atoms with Gasteiger partial charge in [-0.3, -0.25) is 9.59 Å². The zero-order valence-electron chi connectivity index (χ0n) is 18.2. The number of nitrogens with zero attached hydrogens (tertiary/aromatic N) is 1. The van der Waals surface area contributed by atoms with Crippen molar-refractivity contribution in [3.05, 3.63) is 35.4 Å². The zero-order valence-corrected chi connectivity index (χ0v) is 15.2. The lowest BCUT2D eigenvalue weighted by Crippen LogP contribution is -2.65. The Bertz CT molecular complexity index is 974. The van der Waals surface area contributed by atoms with Crippen LogP contribution in [0.2, 0.25) is 0 Å². The Morgan fingerprint density at radius 2 is 2.15 bits per heavy atom. The van der Waals surface area contributed by atoms with Crippen LogP contribution in [-0.4, -0.2) is 48.6 Å². The van der Waals surface area contributed by atoms with E-state index in [1.165, 1.54) is 13.8 Å². The van der Waals surface area contributed by atoms with Gasteiger partial charge < -0.3 is 19.1 Å². The van der Waals surface area contributed by atoms with Crippen LogP contribution in [0.5, 0.6) is 11.5 Å². The first-order valence-electron chi connectivity index (χ1n) is 10.8. The number of ether oxygens (including phenoxy) is 3. The van der Waals surface area contributed by atoms with Crippen LogP contribution in [-0.2, 0) is 26.2 Å². The number of likely N-dealkylation sites (tertiary alicyclic amines) is 1. The van der Waals surface area contributed by atoms with E-state index in [1.807, 2.05) is 18.2 Å². The third-order valence-corrected chi connectivity index (χ3v) is 6.39. The van der Waals surface area contributed by atoms with Crippen LogP contribution in [0.25, 0.3) is 0 Å². The van der Waals surface area contributed by atoms with Gasteiger partial charge in [-0.15, -0.1) is 0 Å². The third kappa shape index (κ3) is 2.16. The van der Waals surface area contributed by atoms with Gasteiger partial charge in [-0.2, -0.15) is 0 Å². The molecule has 142 valence electrons. The number of carbonyl (C=O) groups is 2. The SMILES string of the molecule is [2H]C([2H])([2H])N1CC[C@]23c4c5ccc(OC(C)=O)c4O[C@H]2[C@@H](OC(C)=O)C=C[C@H]3[C@H]1C5. The smallest absolute Gasteiger partial charge is 0.308 e. The molecule has 2 aliphatic carbocycles. The monoisotopic (exact) mass is 372 g/mol. The van der Waals surface area contributed by atoms with Crippen molar-refractivity contribution >= 4 is 11.9 Å². The molecule has 5 atom stereocenters. The molecule has 1 fully saturated rings. The summed E-state index contributed by atoms with van der Waals surface area (Å²) in [5.41, 5.74) is 1.44. The number of piperidine rings is 1. The number of likely N-dealkylation sites (N-methyl/N-ethyl adjacent to an activating group) is 1. The normalized spacial score (nSPS) is 37.3. The van der Waals surface area contributed by atoms with Crippen LogP contribution in [0.3, 0.4) is 0 Å². The molecule has 1 aromatic carbocycles. The van der Waals surface area contributed by atoms with Crippen molar-refractivity contribution in [1.82, 2.24) is 4.90 Å². The van der Waals surface area contributed by atoms with Gasteiger partial charge in [-0.1, -0.05) is 12.1 Å². The summed E-state index contributed by atoms with van der Waals surface area (Å²) in [5.74, 6) is -0.0998. The second-order valence-electron chi connectivity index (χ2n) is 7.80. The van der Waals surface area contributed by atoms with Gasteiger partial charge in [-0.05, 0) is 44.1 Å². The van der Waals surface area contributed by atoms with Crippen LogP contribution in [0.1, 0.15) is 35.5 Å². The highest BCUT2D eigenvalue weighted by Crippen LogP contribution is 2.62. The molecule has 2 aliphatic heterocycles. The first-order chi connectivity index (χ1) is 14.1. The molecule has 1 spiro atoms. The standard InChI is InChI=1S/C21H23NO5/c1-11(23)25-16-6-4-13-10-15-14-5-7-17(26-12(2)24)20-21(14,8-9-22(15)3)18(13)19(16)27-20/h4-7,14-15,17,20H,8-10H2,1-3H3/t14-,15+,17-,20-,21-/m0/s1/i3D3. The minimum absolute atomic E-state index is 0.107. The summed E-state index contributed by atoms with van der Waals surface area (Å²) < 4.78 is 41.4. The summed E-state index contributed by atoms with van der Waals surface area (Å²) in [7, 11) is 0. The van der Waals surface area contributed by atoms with Gasteiger partial charge in [0.1, 0.15) is 6.10 Å². The first-order valence-corrected chi connectivity index (χ1v) is 9.26. The molecule has 4 aliphatic rings. The molecule has 0 N–H and O–H groups in total. The molecule has 5 rings (SSSR count). The lowest BCUT2D eigenvalue weighted by molar-refractivity contribution is -0.152. The van der Waals surface area contributed by atoms with Crippen molar-refractivity contribution in [3.8, 4) is 11.5 Å². The molecule has 6 heteroatoms. The van der Waals surface area contributed by atoms with Crippen LogP contribution in [0, 0.1) is 5.92 Å². The summed E-state index contributed by atoms with van der Waals surface area (Å²) in [6, 6.07) is 3.38. The molecule has 0 aromatic heterocycles. The fraction of sp³-hybridized carbons (Fsp3) is 0.524. The van der Waals surface area contributed by atoms with Gasteiger partial charge in [0.2, 0.25) is 0 Å². The maximum Gasteiger partial charge on any atom is 0.308 e. The van der Waals surface area contributed by atoms with Gasteiger partial charge >= 0.3 is 11.9 Å². The van der Waals surface area contributed by atoms with E-state index in [1.54, 1.807) is 11.0 Å².